The normalized spacial score (nSPS) is 11.8. The average molecular weight is 270 g/mol. The monoisotopic (exact) mass is 270 g/mol. The molecule has 2 N–H and O–H groups in total. The molecule has 0 amide bonds. The molecule has 0 aliphatic rings. The third-order valence-corrected chi connectivity index (χ3v) is 5.21. The van der Waals surface area contributed by atoms with E-state index in [2.05, 4.69) is 0 Å². The van der Waals surface area contributed by atoms with Crippen LogP contribution in [0.15, 0.2) is 24.3 Å². The van der Waals surface area contributed by atoms with Gasteiger partial charge in [-0.05, 0) is 32.9 Å². The summed E-state index contributed by atoms with van der Waals surface area (Å²) in [5, 5.41) is -0.329. The van der Waals surface area contributed by atoms with Crippen molar-refractivity contribution in [2.45, 2.75) is 26.0 Å². The van der Waals surface area contributed by atoms with E-state index in [0.717, 1.165) is 12.2 Å². The minimum Gasteiger partial charge on any atom is -0.397 e. The van der Waals surface area contributed by atoms with Crippen molar-refractivity contribution in [3.05, 3.63) is 24.3 Å². The number of benzene rings is 1. The number of nitrogens with two attached hydrogens (primary N) is 1. The van der Waals surface area contributed by atoms with E-state index in [-0.39, 0.29) is 11.0 Å². The first-order valence-corrected chi connectivity index (χ1v) is 7.91. The maximum Gasteiger partial charge on any atom is 0.154 e. The molecule has 0 heterocycles. The predicted molar refractivity (Wildman–Crippen MR) is 77.7 cm³/mol. The van der Waals surface area contributed by atoms with Gasteiger partial charge in [-0.3, -0.25) is 0 Å². The molecule has 1 rings (SSSR count). The molecule has 5 heteroatoms. The number of nitrogens with zero attached hydrogens (tertiary/aromatic N) is 1. The quantitative estimate of drug-likeness (QED) is 0.802. The molecule has 4 nitrogen and oxygen atoms in total. The fourth-order valence-corrected chi connectivity index (χ4v) is 2.64. The van der Waals surface area contributed by atoms with Crippen molar-refractivity contribution >= 4 is 21.2 Å². The molecule has 0 unspecified atom stereocenters. The van der Waals surface area contributed by atoms with Crippen LogP contribution in [0.1, 0.15) is 20.8 Å². The third kappa shape index (κ3) is 3.63. The van der Waals surface area contributed by atoms with Gasteiger partial charge in [-0.2, -0.15) is 0 Å². The van der Waals surface area contributed by atoms with E-state index in [4.69, 9.17) is 5.73 Å². The Morgan fingerprint density at radius 1 is 1.28 bits per heavy atom. The first-order chi connectivity index (χ1) is 8.38. The van der Waals surface area contributed by atoms with Gasteiger partial charge < -0.3 is 10.6 Å². The summed E-state index contributed by atoms with van der Waals surface area (Å²) in [5.41, 5.74) is 7.49. The first-order valence-electron chi connectivity index (χ1n) is 6.19. The van der Waals surface area contributed by atoms with E-state index >= 15 is 0 Å². The number of anilines is 2. The largest absolute Gasteiger partial charge is 0.397 e. The van der Waals surface area contributed by atoms with Gasteiger partial charge in [0.05, 0.1) is 22.4 Å². The van der Waals surface area contributed by atoms with Crippen LogP contribution < -0.4 is 10.6 Å². The maximum absolute atomic E-state index is 11.8. The van der Waals surface area contributed by atoms with Crippen LogP contribution in [0.25, 0.3) is 0 Å². The van der Waals surface area contributed by atoms with Crippen LogP contribution in [0.4, 0.5) is 11.4 Å². The van der Waals surface area contributed by atoms with Crippen molar-refractivity contribution in [1.29, 1.82) is 0 Å². The predicted octanol–water partition coefficient (Wildman–Crippen LogP) is 1.92. The number of hydrogen-bond acceptors (Lipinski definition) is 4. The fourth-order valence-electron chi connectivity index (χ4n) is 1.70. The topological polar surface area (TPSA) is 63.4 Å². The zero-order chi connectivity index (χ0) is 13.8. The summed E-state index contributed by atoms with van der Waals surface area (Å²) in [6.45, 7) is 6.63. The molecule has 1 aromatic carbocycles. The summed E-state index contributed by atoms with van der Waals surface area (Å²) in [4.78, 5) is 2.00. The van der Waals surface area contributed by atoms with Crippen molar-refractivity contribution in [1.82, 2.24) is 0 Å². The Morgan fingerprint density at radius 3 is 2.39 bits per heavy atom. The SMILES string of the molecule is CCN(CCS(=O)(=O)C(C)C)c1ccccc1N. The highest BCUT2D eigenvalue weighted by atomic mass is 32.2. The highest BCUT2D eigenvalue weighted by Crippen LogP contribution is 2.22. The molecule has 0 fully saturated rings. The molecule has 0 spiro atoms. The van der Waals surface area contributed by atoms with Crippen LogP contribution in [0.3, 0.4) is 0 Å². The van der Waals surface area contributed by atoms with Crippen LogP contribution >= 0.6 is 0 Å². The summed E-state index contributed by atoms with van der Waals surface area (Å²) >= 11 is 0. The summed E-state index contributed by atoms with van der Waals surface area (Å²) in [7, 11) is -3.01. The average Bonchev–Trinajstić information content (AvgIpc) is 2.31. The zero-order valence-corrected chi connectivity index (χ0v) is 12.1. The summed E-state index contributed by atoms with van der Waals surface area (Å²) in [6.07, 6.45) is 0. The lowest BCUT2D eigenvalue weighted by molar-refractivity contribution is 0.586. The van der Waals surface area contributed by atoms with E-state index in [0.29, 0.717) is 12.2 Å². The van der Waals surface area contributed by atoms with E-state index in [9.17, 15) is 8.42 Å². The number of nitrogen functional groups attached to an aromatic ring is 1. The second-order valence-electron chi connectivity index (χ2n) is 4.55. The highest BCUT2D eigenvalue weighted by molar-refractivity contribution is 7.92. The van der Waals surface area contributed by atoms with Gasteiger partial charge in [-0.25, -0.2) is 8.42 Å². The van der Waals surface area contributed by atoms with Gasteiger partial charge in [0.2, 0.25) is 0 Å². The molecule has 1 aromatic rings. The van der Waals surface area contributed by atoms with Crippen molar-refractivity contribution in [2.75, 3.05) is 29.5 Å². The van der Waals surface area contributed by atoms with E-state index in [1.54, 1.807) is 13.8 Å². The Hall–Kier alpha value is -1.23. The molecule has 0 radical (unpaired) electrons. The molecule has 18 heavy (non-hydrogen) atoms. The Labute approximate surface area is 110 Å². The van der Waals surface area contributed by atoms with Gasteiger partial charge in [0.15, 0.2) is 9.84 Å². The van der Waals surface area contributed by atoms with Crippen molar-refractivity contribution in [3.8, 4) is 0 Å². The van der Waals surface area contributed by atoms with Crippen LogP contribution in [0.2, 0.25) is 0 Å². The van der Waals surface area contributed by atoms with Crippen LogP contribution in [-0.2, 0) is 9.84 Å². The molecular weight excluding hydrogens is 248 g/mol. The molecule has 0 aromatic heterocycles. The van der Waals surface area contributed by atoms with Crippen molar-refractivity contribution < 1.29 is 8.42 Å². The standard InChI is InChI=1S/C13H22N2O2S/c1-4-15(9-10-18(16,17)11(2)3)13-8-6-5-7-12(13)14/h5-8,11H,4,9-10,14H2,1-3H3. The fraction of sp³-hybridized carbons (Fsp3) is 0.538. The molecule has 0 saturated heterocycles. The summed E-state index contributed by atoms with van der Waals surface area (Å²) in [6, 6.07) is 7.53. The van der Waals surface area contributed by atoms with Crippen LogP contribution in [0, 0.1) is 0 Å². The lowest BCUT2D eigenvalue weighted by Crippen LogP contribution is -2.32. The zero-order valence-electron chi connectivity index (χ0n) is 11.3. The molecular formula is C13H22N2O2S. The van der Waals surface area contributed by atoms with Crippen molar-refractivity contribution in [2.24, 2.45) is 0 Å². The third-order valence-electron chi connectivity index (χ3n) is 3.02. The van der Waals surface area contributed by atoms with E-state index < -0.39 is 9.84 Å². The second kappa shape index (κ2) is 6.09. The highest BCUT2D eigenvalue weighted by Gasteiger charge is 2.18. The van der Waals surface area contributed by atoms with Gasteiger partial charge in [0, 0.05) is 13.1 Å². The molecule has 0 saturated carbocycles. The molecule has 0 aliphatic carbocycles. The lowest BCUT2D eigenvalue weighted by Gasteiger charge is -2.24. The van der Waals surface area contributed by atoms with Gasteiger partial charge in [0.1, 0.15) is 0 Å². The molecule has 0 atom stereocenters. The van der Waals surface area contributed by atoms with Gasteiger partial charge in [-0.15, -0.1) is 0 Å². The summed E-state index contributed by atoms with van der Waals surface area (Å²) < 4.78 is 23.6. The van der Waals surface area contributed by atoms with Crippen molar-refractivity contribution in [3.63, 3.8) is 0 Å². The molecule has 102 valence electrons. The minimum absolute atomic E-state index is 0.160. The van der Waals surface area contributed by atoms with E-state index in [1.165, 1.54) is 0 Å². The summed E-state index contributed by atoms with van der Waals surface area (Å²) in [5.74, 6) is 0.160. The first kappa shape index (κ1) is 14.8. The van der Waals surface area contributed by atoms with E-state index in [1.807, 2.05) is 36.1 Å². The molecule has 0 bridgehead atoms. The number of rotatable bonds is 6. The minimum atomic E-state index is -3.01. The van der Waals surface area contributed by atoms with Gasteiger partial charge >= 0.3 is 0 Å². The van der Waals surface area contributed by atoms with Crippen LogP contribution in [0.5, 0.6) is 0 Å². The van der Waals surface area contributed by atoms with Gasteiger partial charge in [-0.1, -0.05) is 12.1 Å². The number of para-hydroxylation sites is 2. The Bertz CT molecular complexity index is 484. The Balaban J connectivity index is 2.79. The lowest BCUT2D eigenvalue weighted by atomic mass is 10.2. The van der Waals surface area contributed by atoms with Crippen LogP contribution in [-0.4, -0.2) is 32.5 Å². The Morgan fingerprint density at radius 2 is 1.89 bits per heavy atom. The smallest absolute Gasteiger partial charge is 0.154 e. The van der Waals surface area contributed by atoms with Gasteiger partial charge in [0.25, 0.3) is 0 Å². The maximum atomic E-state index is 11.8. The Kier molecular flexibility index (Phi) is 5.02. The number of sulfone groups is 1. The second-order valence-corrected chi connectivity index (χ2v) is 7.23. The number of hydrogen-bond donors (Lipinski definition) is 1. The molecule has 0 aliphatic heterocycles.